The van der Waals surface area contributed by atoms with Gasteiger partial charge in [-0.2, -0.15) is 0 Å². The summed E-state index contributed by atoms with van der Waals surface area (Å²) < 4.78 is 6.23. The number of para-hydroxylation sites is 1. The standard InChI is InChI=1S/C12H13N3O4/c1-2-19-10(16)6-7-15-11-8(12(17)18)4-3-5-9(11)13-14-15/h3-5H,2,6-7H2,1H3,(H,17,18). The summed E-state index contributed by atoms with van der Waals surface area (Å²) in [5.41, 5.74) is 1.02. The van der Waals surface area contributed by atoms with Crippen LogP contribution in [0.3, 0.4) is 0 Å². The molecule has 0 bridgehead atoms. The van der Waals surface area contributed by atoms with Gasteiger partial charge in [0.05, 0.1) is 25.1 Å². The number of aromatic carboxylic acids is 1. The molecule has 0 saturated carbocycles. The first-order valence-corrected chi connectivity index (χ1v) is 5.84. The summed E-state index contributed by atoms with van der Waals surface area (Å²) in [5, 5.41) is 16.9. The number of esters is 1. The first-order valence-electron chi connectivity index (χ1n) is 5.84. The molecule has 1 aromatic heterocycles. The highest BCUT2D eigenvalue weighted by atomic mass is 16.5. The molecule has 19 heavy (non-hydrogen) atoms. The van der Waals surface area contributed by atoms with Gasteiger partial charge in [0.1, 0.15) is 11.0 Å². The number of fused-ring (bicyclic) bond motifs is 1. The Morgan fingerprint density at radius 1 is 1.42 bits per heavy atom. The van der Waals surface area contributed by atoms with E-state index in [1.165, 1.54) is 10.7 Å². The van der Waals surface area contributed by atoms with Crippen molar-refractivity contribution in [1.29, 1.82) is 0 Å². The molecule has 0 amide bonds. The highest BCUT2D eigenvalue weighted by Crippen LogP contribution is 2.16. The summed E-state index contributed by atoms with van der Waals surface area (Å²) >= 11 is 0. The average molecular weight is 263 g/mol. The smallest absolute Gasteiger partial charge is 0.337 e. The van der Waals surface area contributed by atoms with Crippen molar-refractivity contribution in [2.75, 3.05) is 6.61 Å². The lowest BCUT2D eigenvalue weighted by molar-refractivity contribution is -0.143. The second-order valence-corrected chi connectivity index (χ2v) is 3.85. The molecule has 2 aromatic rings. The highest BCUT2D eigenvalue weighted by Gasteiger charge is 2.15. The van der Waals surface area contributed by atoms with Gasteiger partial charge in [0.15, 0.2) is 0 Å². The minimum Gasteiger partial charge on any atom is -0.478 e. The quantitative estimate of drug-likeness (QED) is 0.811. The van der Waals surface area contributed by atoms with Crippen LogP contribution in [0.1, 0.15) is 23.7 Å². The van der Waals surface area contributed by atoms with Crippen molar-refractivity contribution >= 4 is 23.0 Å². The van der Waals surface area contributed by atoms with Crippen LogP contribution in [0.4, 0.5) is 0 Å². The van der Waals surface area contributed by atoms with Gasteiger partial charge in [-0.25, -0.2) is 9.48 Å². The van der Waals surface area contributed by atoms with Gasteiger partial charge in [-0.3, -0.25) is 4.79 Å². The van der Waals surface area contributed by atoms with Crippen LogP contribution in [0, 0.1) is 0 Å². The molecule has 0 saturated heterocycles. The number of carbonyl (C=O) groups is 2. The number of aromatic nitrogens is 3. The van der Waals surface area contributed by atoms with Crippen LogP contribution >= 0.6 is 0 Å². The van der Waals surface area contributed by atoms with Crippen molar-refractivity contribution in [3.63, 3.8) is 0 Å². The zero-order valence-electron chi connectivity index (χ0n) is 10.4. The maximum atomic E-state index is 11.3. The van der Waals surface area contributed by atoms with E-state index < -0.39 is 5.97 Å². The predicted octanol–water partition coefficient (Wildman–Crippen LogP) is 1.08. The molecule has 7 heteroatoms. The fraction of sp³-hybridized carbons (Fsp3) is 0.333. The average Bonchev–Trinajstić information content (AvgIpc) is 2.79. The first-order chi connectivity index (χ1) is 9.13. The van der Waals surface area contributed by atoms with E-state index in [0.717, 1.165) is 0 Å². The third-order valence-electron chi connectivity index (χ3n) is 2.60. The van der Waals surface area contributed by atoms with Crippen molar-refractivity contribution in [3.05, 3.63) is 23.8 Å². The molecule has 1 heterocycles. The Labute approximate surface area is 108 Å². The third kappa shape index (κ3) is 2.70. The summed E-state index contributed by atoms with van der Waals surface area (Å²) in [7, 11) is 0. The van der Waals surface area contributed by atoms with E-state index in [1.54, 1.807) is 19.1 Å². The minimum atomic E-state index is -1.05. The molecule has 7 nitrogen and oxygen atoms in total. The molecule has 0 unspecified atom stereocenters. The van der Waals surface area contributed by atoms with E-state index in [-0.39, 0.29) is 24.5 Å². The number of hydrogen-bond donors (Lipinski definition) is 1. The van der Waals surface area contributed by atoms with Crippen molar-refractivity contribution in [2.45, 2.75) is 19.9 Å². The van der Waals surface area contributed by atoms with E-state index in [9.17, 15) is 9.59 Å². The zero-order valence-corrected chi connectivity index (χ0v) is 10.4. The largest absolute Gasteiger partial charge is 0.478 e. The number of carbonyl (C=O) groups excluding carboxylic acids is 1. The van der Waals surface area contributed by atoms with E-state index in [0.29, 0.717) is 17.6 Å². The van der Waals surface area contributed by atoms with E-state index in [1.807, 2.05) is 0 Å². The van der Waals surface area contributed by atoms with E-state index in [2.05, 4.69) is 10.3 Å². The van der Waals surface area contributed by atoms with E-state index in [4.69, 9.17) is 9.84 Å². The fourth-order valence-corrected chi connectivity index (χ4v) is 1.79. The fourth-order valence-electron chi connectivity index (χ4n) is 1.79. The lowest BCUT2D eigenvalue weighted by atomic mass is 10.2. The number of rotatable bonds is 5. The van der Waals surface area contributed by atoms with Gasteiger partial charge in [0.2, 0.25) is 0 Å². The normalized spacial score (nSPS) is 10.6. The van der Waals surface area contributed by atoms with Gasteiger partial charge in [0.25, 0.3) is 0 Å². The van der Waals surface area contributed by atoms with Gasteiger partial charge in [-0.15, -0.1) is 5.10 Å². The molecule has 0 spiro atoms. The summed E-state index contributed by atoms with van der Waals surface area (Å²) in [5.74, 6) is -1.40. The molecule has 100 valence electrons. The lowest BCUT2D eigenvalue weighted by Crippen LogP contribution is -2.11. The Balaban J connectivity index is 2.29. The molecular weight excluding hydrogens is 250 g/mol. The maximum Gasteiger partial charge on any atom is 0.337 e. The Bertz CT molecular complexity index is 620. The monoisotopic (exact) mass is 263 g/mol. The molecular formula is C12H13N3O4. The van der Waals surface area contributed by atoms with Crippen LogP contribution in [0.5, 0.6) is 0 Å². The van der Waals surface area contributed by atoms with Gasteiger partial charge in [-0.05, 0) is 19.1 Å². The van der Waals surface area contributed by atoms with Crippen LogP contribution in [0.25, 0.3) is 11.0 Å². The molecule has 1 aromatic carbocycles. The number of nitrogens with zero attached hydrogens (tertiary/aromatic N) is 3. The van der Waals surface area contributed by atoms with Gasteiger partial charge in [0, 0.05) is 0 Å². The molecule has 0 aliphatic carbocycles. The Hall–Kier alpha value is -2.44. The van der Waals surface area contributed by atoms with Crippen molar-refractivity contribution in [3.8, 4) is 0 Å². The molecule has 1 N–H and O–H groups in total. The van der Waals surface area contributed by atoms with Crippen LogP contribution in [-0.2, 0) is 16.1 Å². The molecule has 0 aliphatic rings. The van der Waals surface area contributed by atoms with Gasteiger partial charge < -0.3 is 9.84 Å². The van der Waals surface area contributed by atoms with Crippen LogP contribution in [0.15, 0.2) is 18.2 Å². The zero-order chi connectivity index (χ0) is 13.8. The van der Waals surface area contributed by atoms with Crippen molar-refractivity contribution in [1.82, 2.24) is 15.0 Å². The number of benzene rings is 1. The Morgan fingerprint density at radius 3 is 2.89 bits per heavy atom. The number of hydrogen-bond acceptors (Lipinski definition) is 5. The number of aryl methyl sites for hydroxylation is 1. The van der Waals surface area contributed by atoms with Crippen LogP contribution in [0.2, 0.25) is 0 Å². The minimum absolute atomic E-state index is 0.117. The predicted molar refractivity (Wildman–Crippen MR) is 65.7 cm³/mol. The third-order valence-corrected chi connectivity index (χ3v) is 2.60. The second-order valence-electron chi connectivity index (χ2n) is 3.85. The molecule has 0 fully saturated rings. The number of carboxylic acids is 1. The maximum absolute atomic E-state index is 11.3. The lowest BCUT2D eigenvalue weighted by Gasteiger charge is -2.04. The van der Waals surface area contributed by atoms with Gasteiger partial charge in [-0.1, -0.05) is 11.3 Å². The van der Waals surface area contributed by atoms with Gasteiger partial charge >= 0.3 is 11.9 Å². The van der Waals surface area contributed by atoms with Crippen LogP contribution in [-0.4, -0.2) is 38.6 Å². The van der Waals surface area contributed by atoms with Crippen molar-refractivity contribution < 1.29 is 19.4 Å². The summed E-state index contributed by atoms with van der Waals surface area (Å²) in [6.45, 7) is 2.28. The Kier molecular flexibility index (Phi) is 3.74. The highest BCUT2D eigenvalue weighted by molar-refractivity contribution is 6.00. The summed E-state index contributed by atoms with van der Waals surface area (Å²) in [6.07, 6.45) is 0.125. The SMILES string of the molecule is CCOC(=O)CCn1nnc2cccc(C(=O)O)c21. The van der Waals surface area contributed by atoms with E-state index >= 15 is 0 Å². The number of ether oxygens (including phenoxy) is 1. The molecule has 0 aliphatic heterocycles. The summed E-state index contributed by atoms with van der Waals surface area (Å²) in [6, 6.07) is 4.76. The molecule has 0 radical (unpaired) electrons. The molecule has 0 atom stereocenters. The summed E-state index contributed by atoms with van der Waals surface area (Å²) in [4.78, 5) is 22.4. The first kappa shape index (κ1) is 13.0. The number of carboxylic acid groups (broad SMARTS) is 1. The van der Waals surface area contributed by atoms with Crippen LogP contribution < -0.4 is 0 Å². The van der Waals surface area contributed by atoms with Crippen molar-refractivity contribution in [2.24, 2.45) is 0 Å². The molecule has 2 rings (SSSR count). The topological polar surface area (TPSA) is 94.3 Å². The Morgan fingerprint density at radius 2 is 2.21 bits per heavy atom. The second kappa shape index (κ2) is 5.47.